The van der Waals surface area contributed by atoms with Crippen LogP contribution in [0.2, 0.25) is 0 Å². The second-order valence-corrected chi connectivity index (χ2v) is 9.64. The highest BCUT2D eigenvalue weighted by atomic mass is 32.1. The van der Waals surface area contributed by atoms with Crippen LogP contribution < -0.4 is 9.13 Å². The summed E-state index contributed by atoms with van der Waals surface area (Å²) in [5.74, 6) is 0. The summed E-state index contributed by atoms with van der Waals surface area (Å²) in [4.78, 5) is 0. The zero-order valence-electron chi connectivity index (χ0n) is 17.2. The number of rotatable bonds is 0. The number of benzene rings is 3. The van der Waals surface area contributed by atoms with Crippen molar-refractivity contribution in [2.45, 2.75) is 5.66 Å². The number of nitrogens with zero attached hydrogens (tertiary/aromatic N) is 2. The zero-order chi connectivity index (χ0) is 20.9. The SMILES string of the molecule is c1ccc2c(c1)-c1cccc[n+]1C21c2ccc3c(sc4ccccc43)c2-c2cccc[n+]21. The Kier molecular flexibility index (Phi) is 3.00. The number of hydrogen-bond acceptors (Lipinski definition) is 1. The molecule has 6 aromatic rings. The Morgan fingerprint density at radius 2 is 1.28 bits per heavy atom. The summed E-state index contributed by atoms with van der Waals surface area (Å²) in [6, 6.07) is 35.5. The Balaban J connectivity index is 1.62. The van der Waals surface area contributed by atoms with Crippen LogP contribution in [0.15, 0.2) is 109 Å². The van der Waals surface area contributed by atoms with E-state index in [2.05, 4.69) is 119 Å². The molecule has 0 saturated carbocycles. The molecule has 1 spiro atoms. The minimum absolute atomic E-state index is 0.413. The van der Waals surface area contributed by atoms with Crippen molar-refractivity contribution in [3.8, 4) is 22.5 Å². The highest BCUT2D eigenvalue weighted by Gasteiger charge is 2.66. The molecule has 2 aliphatic heterocycles. The average molecular weight is 427 g/mol. The molecule has 0 radical (unpaired) electrons. The van der Waals surface area contributed by atoms with Crippen LogP contribution >= 0.6 is 11.3 Å². The maximum Gasteiger partial charge on any atom is 0.417 e. The fourth-order valence-electron chi connectivity index (χ4n) is 6.00. The van der Waals surface area contributed by atoms with E-state index in [0.29, 0.717) is 0 Å². The van der Waals surface area contributed by atoms with Crippen LogP contribution in [0.4, 0.5) is 0 Å². The summed E-state index contributed by atoms with van der Waals surface area (Å²) in [5.41, 5.74) is 7.48. The van der Waals surface area contributed by atoms with Gasteiger partial charge in [-0.25, -0.2) is 0 Å². The second-order valence-electron chi connectivity index (χ2n) is 8.59. The van der Waals surface area contributed by atoms with E-state index in [4.69, 9.17) is 0 Å². The Morgan fingerprint density at radius 3 is 2.19 bits per heavy atom. The lowest BCUT2D eigenvalue weighted by atomic mass is 9.89. The molecule has 1 atom stereocenters. The van der Waals surface area contributed by atoms with Crippen molar-refractivity contribution in [1.82, 2.24) is 0 Å². The van der Waals surface area contributed by atoms with Crippen LogP contribution in [0.1, 0.15) is 11.1 Å². The van der Waals surface area contributed by atoms with Gasteiger partial charge in [0, 0.05) is 39.7 Å². The molecule has 148 valence electrons. The minimum atomic E-state index is -0.413. The topological polar surface area (TPSA) is 7.76 Å². The van der Waals surface area contributed by atoms with Crippen LogP contribution in [0.3, 0.4) is 0 Å². The van der Waals surface area contributed by atoms with Crippen LogP contribution in [-0.2, 0) is 5.66 Å². The molecule has 0 bridgehead atoms. The third kappa shape index (κ3) is 1.76. The highest BCUT2D eigenvalue weighted by molar-refractivity contribution is 7.26. The van der Waals surface area contributed by atoms with Gasteiger partial charge in [-0.3, -0.25) is 0 Å². The molecule has 2 aliphatic rings. The normalized spacial score (nSPS) is 17.5. The van der Waals surface area contributed by atoms with Gasteiger partial charge in [-0.2, -0.15) is 0 Å². The van der Waals surface area contributed by atoms with Crippen molar-refractivity contribution in [2.24, 2.45) is 0 Å². The van der Waals surface area contributed by atoms with Crippen molar-refractivity contribution in [3.05, 3.63) is 121 Å². The monoisotopic (exact) mass is 426 g/mol. The summed E-state index contributed by atoms with van der Waals surface area (Å²) in [6.07, 6.45) is 4.49. The largest absolute Gasteiger partial charge is 0.417 e. The minimum Gasteiger partial charge on any atom is -0.134 e. The highest BCUT2D eigenvalue weighted by Crippen LogP contribution is 2.51. The van der Waals surface area contributed by atoms with Gasteiger partial charge in [-0.15, -0.1) is 20.5 Å². The first-order valence-corrected chi connectivity index (χ1v) is 11.8. The molecule has 3 aromatic heterocycles. The Morgan fingerprint density at radius 1 is 0.562 bits per heavy atom. The lowest BCUT2D eigenvalue weighted by molar-refractivity contribution is -0.955. The number of aromatic nitrogens is 2. The van der Waals surface area contributed by atoms with Crippen LogP contribution in [0.5, 0.6) is 0 Å². The van der Waals surface area contributed by atoms with E-state index in [1.165, 1.54) is 53.8 Å². The van der Waals surface area contributed by atoms with E-state index in [1.807, 2.05) is 11.3 Å². The van der Waals surface area contributed by atoms with Gasteiger partial charge in [0.15, 0.2) is 12.4 Å². The first-order valence-electron chi connectivity index (χ1n) is 11.0. The van der Waals surface area contributed by atoms with Gasteiger partial charge >= 0.3 is 5.66 Å². The molecule has 3 aromatic carbocycles. The molecule has 2 nitrogen and oxygen atoms in total. The number of pyridine rings is 2. The summed E-state index contributed by atoms with van der Waals surface area (Å²) in [6.45, 7) is 0. The van der Waals surface area contributed by atoms with Crippen molar-refractivity contribution in [1.29, 1.82) is 0 Å². The van der Waals surface area contributed by atoms with E-state index in [0.717, 1.165) is 0 Å². The molecule has 5 heterocycles. The lowest BCUT2D eigenvalue weighted by Crippen LogP contribution is -2.71. The molecular formula is C29H18N2S+2. The Hall–Kier alpha value is -3.82. The fourth-order valence-corrected chi connectivity index (χ4v) is 7.26. The fraction of sp³-hybridized carbons (Fsp3) is 0.0345. The molecule has 0 saturated heterocycles. The van der Waals surface area contributed by atoms with Crippen molar-refractivity contribution < 1.29 is 9.13 Å². The smallest absolute Gasteiger partial charge is 0.134 e. The molecule has 32 heavy (non-hydrogen) atoms. The van der Waals surface area contributed by atoms with E-state index >= 15 is 0 Å². The predicted octanol–water partition coefficient (Wildman–Crippen LogP) is 5.89. The van der Waals surface area contributed by atoms with Gasteiger partial charge in [0.05, 0.1) is 15.8 Å². The predicted molar refractivity (Wildman–Crippen MR) is 129 cm³/mol. The lowest BCUT2D eigenvalue weighted by Gasteiger charge is -2.17. The van der Waals surface area contributed by atoms with E-state index in [9.17, 15) is 0 Å². The van der Waals surface area contributed by atoms with E-state index in [-0.39, 0.29) is 0 Å². The molecule has 0 N–H and O–H groups in total. The number of fused-ring (bicyclic) bond motifs is 14. The standard InChI is InChI=1S/C29H18N2S/c1-3-11-22-21(10-1)24-12-5-7-17-30(24)29(22)23-16-15-20-19-9-2-4-14-26(19)32-28(20)27(23)25-13-6-8-18-31(25)29/h1-18H/q+2. The molecule has 0 amide bonds. The molecule has 1 unspecified atom stereocenters. The van der Waals surface area contributed by atoms with Crippen LogP contribution in [0.25, 0.3) is 42.7 Å². The summed E-state index contributed by atoms with van der Waals surface area (Å²) >= 11 is 1.91. The van der Waals surface area contributed by atoms with Crippen molar-refractivity contribution in [2.75, 3.05) is 0 Å². The third-order valence-electron chi connectivity index (χ3n) is 7.17. The molecular weight excluding hydrogens is 408 g/mol. The first-order chi connectivity index (χ1) is 15.9. The maximum atomic E-state index is 2.48. The van der Waals surface area contributed by atoms with Gasteiger partial charge in [0.2, 0.25) is 11.4 Å². The summed E-state index contributed by atoms with van der Waals surface area (Å²) in [7, 11) is 0. The quantitative estimate of drug-likeness (QED) is 0.267. The summed E-state index contributed by atoms with van der Waals surface area (Å²) < 4.78 is 7.67. The Labute approximate surface area is 189 Å². The molecule has 0 aliphatic carbocycles. The zero-order valence-corrected chi connectivity index (χ0v) is 18.0. The molecule has 8 rings (SSSR count). The first kappa shape index (κ1) is 16.8. The third-order valence-corrected chi connectivity index (χ3v) is 8.38. The van der Waals surface area contributed by atoms with E-state index < -0.39 is 5.66 Å². The van der Waals surface area contributed by atoms with Gasteiger partial charge < -0.3 is 0 Å². The number of thiophene rings is 1. The summed E-state index contributed by atoms with van der Waals surface area (Å²) in [5, 5.41) is 2.69. The maximum absolute atomic E-state index is 2.48. The average Bonchev–Trinajstić information content (AvgIpc) is 3.48. The second kappa shape index (κ2) is 5.70. The van der Waals surface area contributed by atoms with Gasteiger partial charge in [0.25, 0.3) is 0 Å². The Bertz CT molecular complexity index is 1700. The van der Waals surface area contributed by atoms with E-state index in [1.54, 1.807) is 0 Å². The van der Waals surface area contributed by atoms with Gasteiger partial charge in [-0.1, -0.05) is 36.4 Å². The molecule has 0 fully saturated rings. The number of hydrogen-bond donors (Lipinski definition) is 0. The van der Waals surface area contributed by atoms with Crippen molar-refractivity contribution in [3.63, 3.8) is 0 Å². The van der Waals surface area contributed by atoms with Gasteiger partial charge in [0.1, 0.15) is 11.1 Å². The van der Waals surface area contributed by atoms with Crippen molar-refractivity contribution >= 4 is 31.5 Å². The molecule has 3 heteroatoms. The van der Waals surface area contributed by atoms with Crippen LogP contribution in [0, 0.1) is 0 Å². The van der Waals surface area contributed by atoms with Crippen LogP contribution in [-0.4, -0.2) is 0 Å². The van der Waals surface area contributed by atoms with Gasteiger partial charge in [-0.05, 0) is 36.4 Å².